The number of halogens is 1. The van der Waals surface area contributed by atoms with E-state index < -0.39 is 11.9 Å². The lowest BCUT2D eigenvalue weighted by atomic mass is 9.79. The molecule has 2 N–H and O–H groups in total. The van der Waals surface area contributed by atoms with Crippen molar-refractivity contribution in [1.29, 1.82) is 0 Å². The van der Waals surface area contributed by atoms with Crippen molar-refractivity contribution in [3.05, 3.63) is 59.7 Å². The van der Waals surface area contributed by atoms with Crippen LogP contribution in [0.3, 0.4) is 0 Å². The Balaban J connectivity index is 0.00000257. The number of aromatic amines is 1. The van der Waals surface area contributed by atoms with E-state index in [0.717, 1.165) is 111 Å². The van der Waals surface area contributed by atoms with E-state index in [2.05, 4.69) is 48.3 Å². The van der Waals surface area contributed by atoms with Crippen LogP contribution in [0.15, 0.2) is 42.7 Å². The molecule has 10 rings (SSSR count). The number of imide groups is 1. The third-order valence-electron chi connectivity index (χ3n) is 13.9. The number of anilines is 2. The average Bonchev–Trinajstić information content (AvgIpc) is 3.66. The summed E-state index contributed by atoms with van der Waals surface area (Å²) in [7, 11) is 0. The van der Waals surface area contributed by atoms with Crippen LogP contribution < -0.4 is 19.9 Å². The zero-order chi connectivity index (χ0) is 40.3. The molecule has 3 amide bonds. The number of hydrogen-bond donors (Lipinski definition) is 2. The highest BCUT2D eigenvalue weighted by Gasteiger charge is 2.42. The van der Waals surface area contributed by atoms with Crippen LogP contribution >= 0.6 is 0 Å². The van der Waals surface area contributed by atoms with Gasteiger partial charge in [-0.1, -0.05) is 0 Å². The number of nitrogens with one attached hydrogen (secondary N) is 2. The number of carbonyl (C=O) groups is 3. The molecule has 6 heterocycles. The highest BCUT2D eigenvalue weighted by atomic mass is 19.1. The Morgan fingerprint density at radius 3 is 2.37 bits per heavy atom. The standard InChI is InChI=1S/C45H53FN8O5.2H2/c1-45(16-17-45)59-31-6-8-35-33(23-31)42(51-50-35)36-24-39(48-26-47-36)53-20-14-30(15-21-53)58-29-4-2-27(3-5-29)22-28-12-18-52(19-13-28)37-9-7-32-34(41(37)46)25-54(44(32)57)38-10-11-40(55)49-43(38)56;;/h6-9,23-24,26-30,38H,2-5,10-22,25H2,1H3,(H,50,51)(H,49,55,56);2*1H. The van der Waals surface area contributed by atoms with Gasteiger partial charge in [-0.25, -0.2) is 14.4 Å². The van der Waals surface area contributed by atoms with Gasteiger partial charge in [-0.15, -0.1) is 0 Å². The van der Waals surface area contributed by atoms with Crippen LogP contribution in [0.4, 0.5) is 15.9 Å². The third kappa shape index (κ3) is 7.76. The Bertz CT molecular complexity index is 2270. The highest BCUT2D eigenvalue weighted by Crippen LogP contribution is 2.41. The molecule has 3 saturated heterocycles. The van der Waals surface area contributed by atoms with Crippen LogP contribution in [0.1, 0.15) is 109 Å². The molecule has 2 aromatic carbocycles. The Morgan fingerprint density at radius 2 is 1.61 bits per heavy atom. The summed E-state index contributed by atoms with van der Waals surface area (Å²) in [4.78, 5) is 52.3. The van der Waals surface area contributed by atoms with Gasteiger partial charge in [0.05, 0.1) is 35.7 Å². The molecule has 13 nitrogen and oxygen atoms in total. The average molecular weight is 809 g/mol. The summed E-state index contributed by atoms with van der Waals surface area (Å²) in [5.41, 5.74) is 3.72. The van der Waals surface area contributed by atoms with Gasteiger partial charge in [0.2, 0.25) is 11.8 Å². The SMILES string of the molecule is CC1(Oc2ccc3[nH]nc(-c4cc(N5CCC(OC6CCC(CC7CCN(c8ccc9c(c8F)CN(C8CCC(=O)NC8=O)C9=O)CC7)CC6)CC5)ncn4)c3c2)CC1.[HH].[HH]. The number of amides is 3. The number of benzene rings is 2. The number of carbonyl (C=O) groups excluding carboxylic acids is 3. The predicted octanol–water partition coefficient (Wildman–Crippen LogP) is 7.19. The van der Waals surface area contributed by atoms with E-state index in [-0.39, 0.29) is 51.6 Å². The molecule has 0 spiro atoms. The van der Waals surface area contributed by atoms with Crippen LogP contribution in [0.2, 0.25) is 0 Å². The maximum Gasteiger partial charge on any atom is 0.255 e. The number of ether oxygens (including phenoxy) is 2. The lowest BCUT2D eigenvalue weighted by Gasteiger charge is -2.38. The summed E-state index contributed by atoms with van der Waals surface area (Å²) in [6, 6.07) is 10.8. The second-order valence-corrected chi connectivity index (χ2v) is 18.0. The molecule has 5 fully saturated rings. The first-order chi connectivity index (χ1) is 28.7. The molecule has 4 aliphatic heterocycles. The molecule has 6 aliphatic rings. The molecule has 14 heteroatoms. The van der Waals surface area contributed by atoms with Gasteiger partial charge in [0.1, 0.15) is 35.2 Å². The van der Waals surface area contributed by atoms with Crippen molar-refractivity contribution in [3.63, 3.8) is 0 Å². The fourth-order valence-corrected chi connectivity index (χ4v) is 10.2. The van der Waals surface area contributed by atoms with E-state index in [1.165, 1.54) is 24.2 Å². The molecular weight excluding hydrogens is 752 g/mol. The number of aromatic nitrogens is 4. The van der Waals surface area contributed by atoms with E-state index in [9.17, 15) is 14.4 Å². The zero-order valence-electron chi connectivity index (χ0n) is 33.8. The van der Waals surface area contributed by atoms with E-state index >= 15 is 4.39 Å². The van der Waals surface area contributed by atoms with Crippen LogP contribution in [0.25, 0.3) is 22.3 Å². The highest BCUT2D eigenvalue weighted by molar-refractivity contribution is 6.05. The van der Waals surface area contributed by atoms with Gasteiger partial charge < -0.3 is 24.2 Å². The van der Waals surface area contributed by atoms with Crippen molar-refractivity contribution in [2.45, 2.75) is 121 Å². The molecule has 314 valence electrons. The summed E-state index contributed by atoms with van der Waals surface area (Å²) < 4.78 is 28.9. The minimum absolute atomic E-state index is 0. The van der Waals surface area contributed by atoms with Gasteiger partial charge in [0.25, 0.3) is 5.91 Å². The van der Waals surface area contributed by atoms with Gasteiger partial charge in [0.15, 0.2) is 5.82 Å². The number of fused-ring (bicyclic) bond motifs is 2. The molecule has 2 aromatic heterocycles. The van der Waals surface area contributed by atoms with Crippen molar-refractivity contribution in [3.8, 4) is 17.1 Å². The topological polar surface area (TPSA) is 146 Å². The lowest BCUT2D eigenvalue weighted by molar-refractivity contribution is -0.136. The normalized spacial score (nSPS) is 25.1. The summed E-state index contributed by atoms with van der Waals surface area (Å²) in [5.74, 6) is 1.57. The number of H-pyrrole nitrogens is 1. The molecular formula is C45H57FN8O5. The molecule has 59 heavy (non-hydrogen) atoms. The van der Waals surface area contributed by atoms with Crippen molar-refractivity contribution in [2.24, 2.45) is 11.8 Å². The second-order valence-electron chi connectivity index (χ2n) is 18.0. The number of hydrogen-bond acceptors (Lipinski definition) is 10. The number of piperidine rings is 3. The Morgan fingerprint density at radius 1 is 0.864 bits per heavy atom. The van der Waals surface area contributed by atoms with E-state index in [4.69, 9.17) is 9.47 Å². The summed E-state index contributed by atoms with van der Waals surface area (Å²) in [6.07, 6.45) is 14.6. The monoisotopic (exact) mass is 808 g/mol. The second kappa shape index (κ2) is 15.5. The third-order valence-corrected chi connectivity index (χ3v) is 13.9. The van der Waals surface area contributed by atoms with Crippen molar-refractivity contribution in [1.82, 2.24) is 30.4 Å². The number of nitrogens with zero attached hydrogens (tertiary/aromatic N) is 6. The maximum absolute atomic E-state index is 16.0. The Hall–Kier alpha value is -5.11. The molecule has 4 aromatic rings. The van der Waals surface area contributed by atoms with Gasteiger partial charge in [-0.05, 0) is 126 Å². The first-order valence-electron chi connectivity index (χ1n) is 21.8. The summed E-state index contributed by atoms with van der Waals surface area (Å²) in [5, 5.41) is 11.1. The van der Waals surface area contributed by atoms with Gasteiger partial charge >= 0.3 is 0 Å². The minimum atomic E-state index is -0.751. The molecule has 0 bridgehead atoms. The lowest BCUT2D eigenvalue weighted by Crippen LogP contribution is -2.52. The largest absolute Gasteiger partial charge is 0.488 e. The molecule has 1 atom stereocenters. The van der Waals surface area contributed by atoms with Gasteiger partial charge in [-0.2, -0.15) is 5.10 Å². The first kappa shape index (κ1) is 38.1. The molecule has 1 unspecified atom stereocenters. The molecule has 2 saturated carbocycles. The quantitative estimate of drug-likeness (QED) is 0.158. The van der Waals surface area contributed by atoms with Crippen molar-refractivity contribution in [2.75, 3.05) is 36.0 Å². The van der Waals surface area contributed by atoms with Crippen LogP contribution in [-0.2, 0) is 20.9 Å². The van der Waals surface area contributed by atoms with Crippen molar-refractivity contribution < 1.29 is 31.1 Å². The smallest absolute Gasteiger partial charge is 0.255 e. The van der Waals surface area contributed by atoms with Crippen LogP contribution in [-0.4, -0.2) is 92.8 Å². The van der Waals surface area contributed by atoms with E-state index in [0.29, 0.717) is 34.8 Å². The van der Waals surface area contributed by atoms with Crippen LogP contribution in [0, 0.1) is 17.7 Å². The van der Waals surface area contributed by atoms with Gasteiger partial charge in [0, 0.05) is 58.0 Å². The fourth-order valence-electron chi connectivity index (χ4n) is 10.2. The Kier molecular flexibility index (Phi) is 10.0. The van der Waals surface area contributed by atoms with Crippen LogP contribution in [0.5, 0.6) is 5.75 Å². The molecule has 2 aliphatic carbocycles. The first-order valence-corrected chi connectivity index (χ1v) is 21.8. The predicted molar refractivity (Wildman–Crippen MR) is 224 cm³/mol. The summed E-state index contributed by atoms with van der Waals surface area (Å²) in [6.45, 7) is 5.55. The minimum Gasteiger partial charge on any atom is -0.488 e. The fraction of sp³-hybridized carbons (Fsp3) is 0.556. The van der Waals surface area contributed by atoms with E-state index in [1.54, 1.807) is 18.5 Å². The zero-order valence-corrected chi connectivity index (χ0v) is 33.8. The van der Waals surface area contributed by atoms with E-state index in [1.807, 2.05) is 18.2 Å². The summed E-state index contributed by atoms with van der Waals surface area (Å²) >= 11 is 0. The molecule has 0 radical (unpaired) electrons. The van der Waals surface area contributed by atoms with Gasteiger partial charge in [-0.3, -0.25) is 24.8 Å². The van der Waals surface area contributed by atoms with Crippen molar-refractivity contribution >= 4 is 40.1 Å². The number of rotatable bonds is 10. The maximum atomic E-state index is 16.0. The Labute approximate surface area is 346 Å².